The molecule has 0 aliphatic carbocycles. The van der Waals surface area contributed by atoms with E-state index in [1.54, 1.807) is 29.5 Å². The minimum absolute atomic E-state index is 0.0619. The molecule has 2 rings (SSSR count). The molecule has 2 aliphatic heterocycles. The summed E-state index contributed by atoms with van der Waals surface area (Å²) in [5, 5.41) is 8.79. The highest BCUT2D eigenvalue weighted by atomic mass is 16.5. The Morgan fingerprint density at radius 3 is 2.40 bits per heavy atom. The van der Waals surface area contributed by atoms with Crippen LogP contribution in [0.5, 0.6) is 0 Å². The van der Waals surface area contributed by atoms with Crippen molar-refractivity contribution in [3.8, 4) is 12.3 Å². The molecule has 11 heteroatoms. The summed E-state index contributed by atoms with van der Waals surface area (Å²) in [5.41, 5.74) is 1.97. The van der Waals surface area contributed by atoms with Crippen LogP contribution in [0, 0.1) is 30.1 Å². The zero-order valence-electron chi connectivity index (χ0n) is 33.2. The number of rotatable bonds is 22. The molecule has 7 atom stereocenters. The fourth-order valence-corrected chi connectivity index (χ4v) is 7.35. The molecule has 0 aromatic carbocycles. The first-order chi connectivity index (χ1) is 24.7. The fraction of sp³-hybridized carbons (Fsp3) is 0.634. The van der Waals surface area contributed by atoms with Crippen LogP contribution in [-0.4, -0.2) is 110 Å². The number of likely N-dealkylation sites (tertiary alicyclic amines) is 1. The van der Waals surface area contributed by atoms with E-state index in [2.05, 4.69) is 67.6 Å². The minimum atomic E-state index is -0.578. The molecule has 0 saturated carbocycles. The Hall–Kier alpha value is -4.17. The molecule has 4 unspecified atom stereocenters. The Bertz CT molecular complexity index is 1320. The number of amides is 3. The average molecular weight is 723 g/mol. The minimum Gasteiger partial charge on any atom is -0.494 e. The molecule has 290 valence electrons. The van der Waals surface area contributed by atoms with E-state index in [1.807, 2.05) is 52.2 Å². The van der Waals surface area contributed by atoms with Gasteiger partial charge in [0.1, 0.15) is 24.5 Å². The first-order valence-corrected chi connectivity index (χ1v) is 18.7. The van der Waals surface area contributed by atoms with Crippen LogP contribution in [0.3, 0.4) is 0 Å². The number of nitrogens with one attached hydrogen (secondary N) is 3. The van der Waals surface area contributed by atoms with Crippen LogP contribution < -0.4 is 16.0 Å². The van der Waals surface area contributed by atoms with Crippen molar-refractivity contribution < 1.29 is 23.9 Å². The van der Waals surface area contributed by atoms with Crippen LogP contribution in [0.4, 0.5) is 0 Å². The number of likely N-dealkylation sites (N-methyl/N-ethyl adjacent to an activating group) is 2. The van der Waals surface area contributed by atoms with E-state index in [-0.39, 0.29) is 78.9 Å². The Balaban J connectivity index is 2.13. The van der Waals surface area contributed by atoms with E-state index in [1.165, 1.54) is 0 Å². The van der Waals surface area contributed by atoms with Crippen molar-refractivity contribution in [2.75, 3.05) is 40.8 Å². The Labute approximate surface area is 314 Å². The van der Waals surface area contributed by atoms with Crippen molar-refractivity contribution in [3.63, 3.8) is 0 Å². The number of hydrogen-bond acceptors (Lipinski definition) is 8. The molecule has 1 fully saturated rings. The maximum absolute atomic E-state index is 13.5. The monoisotopic (exact) mass is 723 g/mol. The van der Waals surface area contributed by atoms with Crippen molar-refractivity contribution in [2.24, 2.45) is 17.8 Å². The lowest BCUT2D eigenvalue weighted by atomic mass is 9.90. The van der Waals surface area contributed by atoms with Crippen molar-refractivity contribution in [2.45, 2.75) is 110 Å². The zero-order valence-corrected chi connectivity index (χ0v) is 33.2. The van der Waals surface area contributed by atoms with Gasteiger partial charge in [-0.2, -0.15) is 0 Å². The Morgan fingerprint density at radius 2 is 1.83 bits per heavy atom. The summed E-state index contributed by atoms with van der Waals surface area (Å²) < 4.78 is 12.8. The van der Waals surface area contributed by atoms with Gasteiger partial charge in [-0.3, -0.25) is 19.3 Å². The highest BCUT2D eigenvalue weighted by molar-refractivity contribution is 5.87. The van der Waals surface area contributed by atoms with Crippen molar-refractivity contribution in [1.29, 1.82) is 0 Å². The molecule has 2 aliphatic rings. The average Bonchev–Trinajstić information content (AvgIpc) is 3.78. The van der Waals surface area contributed by atoms with E-state index in [0.717, 1.165) is 37.1 Å². The number of ether oxygens (including phenoxy) is 2. The second kappa shape index (κ2) is 22.0. The van der Waals surface area contributed by atoms with Gasteiger partial charge in [-0.05, 0) is 50.3 Å². The highest BCUT2D eigenvalue weighted by Crippen LogP contribution is 2.36. The number of nitrogens with zero attached hydrogens (tertiary/aromatic N) is 3. The van der Waals surface area contributed by atoms with Gasteiger partial charge in [0.2, 0.25) is 17.7 Å². The molecule has 0 radical (unpaired) electrons. The molecule has 0 bridgehead atoms. The van der Waals surface area contributed by atoms with Crippen LogP contribution in [0.1, 0.15) is 73.6 Å². The van der Waals surface area contributed by atoms with Crippen molar-refractivity contribution >= 4 is 17.7 Å². The predicted octanol–water partition coefficient (Wildman–Crippen LogP) is 4.57. The summed E-state index contributed by atoms with van der Waals surface area (Å²) in [7, 11) is 5.56. The van der Waals surface area contributed by atoms with Crippen LogP contribution >= 0.6 is 0 Å². The van der Waals surface area contributed by atoms with Crippen LogP contribution in [0.2, 0.25) is 0 Å². The summed E-state index contributed by atoms with van der Waals surface area (Å²) in [4.78, 5) is 45.3. The number of terminal acetylenes is 1. The third kappa shape index (κ3) is 12.5. The maximum Gasteiger partial charge on any atom is 0.243 e. The summed E-state index contributed by atoms with van der Waals surface area (Å²) >= 11 is 0. The SMILES string of the molecule is C#CCNC(=O)[C@H](C/C(C=C)=C/C=C)N/C=C/O[C@H](C(C)C)[C@@H]1CCCN1C1=COC(C(C(C)CC)N(C)C(=O)CNC(=O)C(C(C)C)N(C)C)C1. The lowest BCUT2D eigenvalue weighted by molar-refractivity contribution is -0.137. The van der Waals surface area contributed by atoms with Gasteiger partial charge in [-0.25, -0.2) is 0 Å². The molecule has 0 spiro atoms. The van der Waals surface area contributed by atoms with Gasteiger partial charge in [0.15, 0.2) is 0 Å². The van der Waals surface area contributed by atoms with Crippen molar-refractivity contribution in [1.82, 2.24) is 30.7 Å². The lowest BCUT2D eigenvalue weighted by Crippen LogP contribution is -2.53. The molecule has 0 aromatic rings. The Kier molecular flexibility index (Phi) is 18.6. The molecular formula is C41H66N6O5. The standard InChI is InChI=1S/C41H66N6O5/c1-13-18-31(16-4)24-33(40(49)43-20-14-2)42-21-23-51-39(29(7)8)34-19-17-22-47(34)32-25-35(52-27-32)38(30(9)15-3)46(12)36(48)26-44-41(50)37(28(5)6)45(10)11/h2,13,16,18,21,23,27-30,33-35,37-39,42H,1,4,15,17,19-20,22,24-26H2,3,5-12H3,(H,43,49)(H,44,50)/b23-21+,31-18+/t30?,33-,34-,35?,37?,38?,39+/m0/s1. The largest absolute Gasteiger partial charge is 0.494 e. The van der Waals surface area contributed by atoms with Crippen LogP contribution in [0.15, 0.2) is 61.4 Å². The second-order valence-corrected chi connectivity index (χ2v) is 14.8. The van der Waals surface area contributed by atoms with Crippen molar-refractivity contribution in [3.05, 3.63) is 61.4 Å². The van der Waals surface area contributed by atoms with Gasteiger partial charge < -0.3 is 35.2 Å². The second-order valence-electron chi connectivity index (χ2n) is 14.8. The van der Waals surface area contributed by atoms with Gasteiger partial charge in [0.05, 0.1) is 43.2 Å². The third-order valence-corrected chi connectivity index (χ3v) is 10.1. The van der Waals surface area contributed by atoms with E-state index >= 15 is 0 Å². The lowest BCUT2D eigenvalue weighted by Gasteiger charge is -2.38. The quantitative estimate of drug-likeness (QED) is 0.0847. The molecule has 2 heterocycles. The maximum atomic E-state index is 13.5. The van der Waals surface area contributed by atoms with Gasteiger partial charge in [-0.15, -0.1) is 6.42 Å². The smallest absolute Gasteiger partial charge is 0.243 e. The van der Waals surface area contributed by atoms with Gasteiger partial charge in [0.25, 0.3) is 0 Å². The molecule has 3 amide bonds. The summed E-state index contributed by atoms with van der Waals surface area (Å²) in [6, 6.07) is -0.938. The zero-order chi connectivity index (χ0) is 39.0. The number of allylic oxidation sites excluding steroid dienone is 3. The van der Waals surface area contributed by atoms with Crippen LogP contribution in [-0.2, 0) is 23.9 Å². The normalized spacial score (nSPS) is 20.4. The molecule has 11 nitrogen and oxygen atoms in total. The topological polar surface area (TPSA) is 115 Å². The number of carbonyl (C=O) groups excluding carboxylic acids is 3. The number of hydrogen-bond donors (Lipinski definition) is 3. The summed E-state index contributed by atoms with van der Waals surface area (Å²) in [5.74, 6) is 2.43. The van der Waals surface area contributed by atoms with Gasteiger partial charge in [-0.1, -0.05) is 85.3 Å². The van der Waals surface area contributed by atoms with Gasteiger partial charge >= 0.3 is 0 Å². The van der Waals surface area contributed by atoms with Crippen LogP contribution in [0.25, 0.3) is 0 Å². The fourth-order valence-electron chi connectivity index (χ4n) is 7.35. The first kappa shape index (κ1) is 44.0. The van der Waals surface area contributed by atoms with E-state index in [0.29, 0.717) is 12.8 Å². The molecule has 0 aromatic heterocycles. The van der Waals surface area contributed by atoms with E-state index in [9.17, 15) is 14.4 Å². The highest BCUT2D eigenvalue weighted by Gasteiger charge is 2.41. The molecule has 52 heavy (non-hydrogen) atoms. The first-order valence-electron chi connectivity index (χ1n) is 18.7. The summed E-state index contributed by atoms with van der Waals surface area (Å²) in [6.45, 7) is 21.1. The summed E-state index contributed by atoms with van der Waals surface area (Å²) in [6.07, 6.45) is 19.3. The Morgan fingerprint density at radius 1 is 1.12 bits per heavy atom. The van der Waals surface area contributed by atoms with E-state index in [4.69, 9.17) is 15.9 Å². The molecule has 3 N–H and O–H groups in total. The molecule has 1 saturated heterocycles. The van der Waals surface area contributed by atoms with E-state index < -0.39 is 6.04 Å². The molecular weight excluding hydrogens is 656 g/mol. The number of carbonyl (C=O) groups is 3. The third-order valence-electron chi connectivity index (χ3n) is 10.1. The predicted molar refractivity (Wildman–Crippen MR) is 209 cm³/mol. The van der Waals surface area contributed by atoms with Gasteiger partial charge in [0, 0.05) is 32.6 Å².